The minimum atomic E-state index is -0.614. The molecule has 156 valence electrons. The second kappa shape index (κ2) is 8.11. The molecular formula is C20H30F2N4O2. The van der Waals surface area contributed by atoms with E-state index in [1.165, 1.54) is 0 Å². The van der Waals surface area contributed by atoms with E-state index in [2.05, 4.69) is 4.90 Å². The molecule has 0 aliphatic carbocycles. The number of nitrogens with zero attached hydrogens (tertiary/aromatic N) is 3. The van der Waals surface area contributed by atoms with E-state index in [0.29, 0.717) is 32.2 Å². The quantitative estimate of drug-likeness (QED) is 0.779. The van der Waals surface area contributed by atoms with Gasteiger partial charge in [0.05, 0.1) is 0 Å². The third kappa shape index (κ3) is 4.84. The molecule has 0 atom stereocenters. The highest BCUT2D eigenvalue weighted by molar-refractivity contribution is 5.68. The maximum absolute atomic E-state index is 14.2. The van der Waals surface area contributed by atoms with Crippen molar-refractivity contribution in [3.8, 4) is 0 Å². The normalized spacial score (nSPS) is 19.8. The van der Waals surface area contributed by atoms with Crippen molar-refractivity contribution in [2.24, 2.45) is 0 Å². The van der Waals surface area contributed by atoms with Gasteiger partial charge in [0.15, 0.2) is 11.6 Å². The number of anilines is 2. The molecule has 0 saturated carbocycles. The summed E-state index contributed by atoms with van der Waals surface area (Å²) in [4.78, 5) is 18.1. The lowest BCUT2D eigenvalue weighted by atomic mass is 10.0. The van der Waals surface area contributed by atoms with Crippen LogP contribution in [0.4, 0.5) is 25.0 Å². The van der Waals surface area contributed by atoms with E-state index in [4.69, 9.17) is 10.5 Å². The largest absolute Gasteiger partial charge is 0.444 e. The average Bonchev–Trinajstić information content (AvgIpc) is 2.60. The van der Waals surface area contributed by atoms with Crippen LogP contribution in [0.15, 0.2) is 12.1 Å². The van der Waals surface area contributed by atoms with E-state index in [1.807, 2.05) is 20.8 Å². The molecule has 2 heterocycles. The Hall–Kier alpha value is -2.09. The van der Waals surface area contributed by atoms with Gasteiger partial charge in [0.2, 0.25) is 0 Å². The van der Waals surface area contributed by atoms with Gasteiger partial charge in [0.1, 0.15) is 11.3 Å². The van der Waals surface area contributed by atoms with E-state index in [0.717, 1.165) is 38.1 Å². The Labute approximate surface area is 165 Å². The van der Waals surface area contributed by atoms with Gasteiger partial charge in [-0.15, -0.1) is 0 Å². The first-order valence-corrected chi connectivity index (χ1v) is 9.85. The summed E-state index contributed by atoms with van der Waals surface area (Å²) in [5.74, 6) is -1.23. The lowest BCUT2D eigenvalue weighted by Gasteiger charge is -2.43. The van der Waals surface area contributed by atoms with Gasteiger partial charge in [-0.1, -0.05) is 0 Å². The summed E-state index contributed by atoms with van der Waals surface area (Å²) in [7, 11) is 0. The highest BCUT2D eigenvalue weighted by atomic mass is 19.1. The van der Waals surface area contributed by atoms with Crippen molar-refractivity contribution in [1.82, 2.24) is 9.80 Å². The van der Waals surface area contributed by atoms with E-state index in [9.17, 15) is 13.6 Å². The summed E-state index contributed by atoms with van der Waals surface area (Å²) >= 11 is 0. The number of piperazine rings is 1. The fourth-order valence-electron chi connectivity index (χ4n) is 3.94. The molecule has 1 aromatic carbocycles. The number of nitrogen functional groups attached to an aromatic ring is 1. The molecule has 2 N–H and O–H groups in total. The molecule has 0 radical (unpaired) electrons. The number of carbonyl (C=O) groups is 1. The molecule has 0 bridgehead atoms. The molecule has 0 unspecified atom stereocenters. The number of hydrogen-bond acceptors (Lipinski definition) is 5. The summed E-state index contributed by atoms with van der Waals surface area (Å²) in [5, 5.41) is 0. The van der Waals surface area contributed by atoms with Crippen LogP contribution in [-0.2, 0) is 4.74 Å². The summed E-state index contributed by atoms with van der Waals surface area (Å²) in [6.07, 6.45) is 1.50. The Morgan fingerprint density at radius 2 is 1.57 bits per heavy atom. The van der Waals surface area contributed by atoms with Gasteiger partial charge in [0.25, 0.3) is 0 Å². The molecule has 28 heavy (non-hydrogen) atoms. The lowest BCUT2D eigenvalue weighted by molar-refractivity contribution is 0.0140. The number of rotatable bonds is 2. The van der Waals surface area contributed by atoms with Crippen LogP contribution in [-0.4, -0.2) is 66.8 Å². The highest BCUT2D eigenvalue weighted by Gasteiger charge is 2.31. The average molecular weight is 396 g/mol. The van der Waals surface area contributed by atoms with Crippen LogP contribution in [0.5, 0.6) is 0 Å². The molecule has 6 nitrogen and oxygen atoms in total. The molecule has 1 aromatic rings. The van der Waals surface area contributed by atoms with Gasteiger partial charge in [-0.25, -0.2) is 13.6 Å². The third-order valence-corrected chi connectivity index (χ3v) is 5.30. The number of nitrogens with two attached hydrogens (primary N) is 1. The molecule has 8 heteroatoms. The minimum absolute atomic E-state index is 0.00796. The molecule has 1 amide bonds. The zero-order valence-electron chi connectivity index (χ0n) is 16.9. The molecule has 0 aromatic heterocycles. The number of likely N-dealkylation sites (tertiary alicyclic amines) is 1. The second-order valence-corrected chi connectivity index (χ2v) is 8.55. The zero-order valence-corrected chi connectivity index (χ0v) is 16.9. The first-order valence-electron chi connectivity index (χ1n) is 9.85. The number of benzene rings is 1. The number of ether oxygens (including phenoxy) is 1. The first-order chi connectivity index (χ1) is 13.1. The van der Waals surface area contributed by atoms with Gasteiger partial charge in [0, 0.05) is 51.0 Å². The predicted octanol–water partition coefficient (Wildman–Crippen LogP) is 3.07. The molecule has 0 spiro atoms. The Morgan fingerprint density at radius 1 is 1.04 bits per heavy atom. The van der Waals surface area contributed by atoms with Gasteiger partial charge in [-0.3, -0.25) is 4.90 Å². The topological polar surface area (TPSA) is 62.0 Å². The third-order valence-electron chi connectivity index (χ3n) is 5.30. The van der Waals surface area contributed by atoms with Crippen LogP contribution in [0, 0.1) is 11.6 Å². The molecule has 2 aliphatic rings. The highest BCUT2D eigenvalue weighted by Crippen LogP contribution is 2.28. The standard InChI is InChI=1S/C20H30F2N4O2/c1-20(2,3)28-19(27)26-6-4-15(5-7-26)24-8-10-25(11-9-24)18-16(21)12-14(23)13-17(18)22/h12-13,15H,4-11,23H2,1-3H3. The maximum Gasteiger partial charge on any atom is 0.410 e. The fourth-order valence-corrected chi connectivity index (χ4v) is 3.94. The number of carbonyl (C=O) groups excluding carboxylic acids is 1. The summed E-state index contributed by atoms with van der Waals surface area (Å²) in [6.45, 7) is 9.52. The molecule has 2 fully saturated rings. The Morgan fingerprint density at radius 3 is 2.07 bits per heavy atom. The van der Waals surface area contributed by atoms with E-state index >= 15 is 0 Å². The lowest BCUT2D eigenvalue weighted by Crippen LogP contribution is -2.54. The van der Waals surface area contributed by atoms with Crippen molar-refractivity contribution >= 4 is 17.5 Å². The fraction of sp³-hybridized carbons (Fsp3) is 0.650. The first kappa shape index (κ1) is 20.6. The SMILES string of the molecule is CC(C)(C)OC(=O)N1CCC(N2CCN(c3c(F)cc(N)cc3F)CC2)CC1. The molecule has 2 saturated heterocycles. The number of amides is 1. The predicted molar refractivity (Wildman–Crippen MR) is 105 cm³/mol. The van der Waals surface area contributed by atoms with Gasteiger partial charge >= 0.3 is 6.09 Å². The van der Waals surface area contributed by atoms with Crippen molar-refractivity contribution in [3.05, 3.63) is 23.8 Å². The van der Waals surface area contributed by atoms with Crippen LogP contribution < -0.4 is 10.6 Å². The van der Waals surface area contributed by atoms with Crippen LogP contribution in [0.25, 0.3) is 0 Å². The summed E-state index contributed by atoms with van der Waals surface area (Å²) in [6, 6.07) is 2.70. The van der Waals surface area contributed by atoms with Crippen molar-refractivity contribution in [3.63, 3.8) is 0 Å². The summed E-state index contributed by atoms with van der Waals surface area (Å²) in [5.41, 5.74) is 5.11. The van der Waals surface area contributed by atoms with Gasteiger partial charge in [-0.2, -0.15) is 0 Å². The Balaban J connectivity index is 1.51. The maximum atomic E-state index is 14.2. The van der Waals surface area contributed by atoms with Gasteiger partial charge in [-0.05, 0) is 45.7 Å². The number of halogens is 2. The number of hydrogen-bond donors (Lipinski definition) is 1. The summed E-state index contributed by atoms with van der Waals surface area (Å²) < 4.78 is 33.8. The van der Waals surface area contributed by atoms with Crippen LogP contribution >= 0.6 is 0 Å². The van der Waals surface area contributed by atoms with Crippen LogP contribution in [0.3, 0.4) is 0 Å². The second-order valence-electron chi connectivity index (χ2n) is 8.55. The Bertz CT molecular complexity index is 684. The smallest absolute Gasteiger partial charge is 0.410 e. The van der Waals surface area contributed by atoms with Crippen LogP contribution in [0.1, 0.15) is 33.6 Å². The van der Waals surface area contributed by atoms with E-state index in [-0.39, 0.29) is 17.5 Å². The van der Waals surface area contributed by atoms with Gasteiger partial charge < -0.3 is 20.3 Å². The van der Waals surface area contributed by atoms with Crippen molar-refractivity contribution in [2.45, 2.75) is 45.3 Å². The van der Waals surface area contributed by atoms with E-state index < -0.39 is 17.2 Å². The molecule has 3 rings (SSSR count). The van der Waals surface area contributed by atoms with Crippen molar-refractivity contribution in [2.75, 3.05) is 49.9 Å². The Kier molecular flexibility index (Phi) is 5.98. The number of piperidine rings is 1. The monoisotopic (exact) mass is 396 g/mol. The van der Waals surface area contributed by atoms with Crippen LogP contribution in [0.2, 0.25) is 0 Å². The molecule has 2 aliphatic heterocycles. The zero-order chi connectivity index (χ0) is 20.5. The van der Waals surface area contributed by atoms with Crippen molar-refractivity contribution in [1.29, 1.82) is 0 Å². The molecular weight excluding hydrogens is 366 g/mol. The van der Waals surface area contributed by atoms with E-state index in [1.54, 1.807) is 9.80 Å². The minimum Gasteiger partial charge on any atom is -0.444 e. The van der Waals surface area contributed by atoms with Crippen molar-refractivity contribution < 1.29 is 18.3 Å².